The molecule has 0 aromatic heterocycles. The van der Waals surface area contributed by atoms with Crippen molar-refractivity contribution in [3.8, 4) is 11.5 Å². The number of benzene rings is 2. The van der Waals surface area contributed by atoms with Crippen molar-refractivity contribution in [3.63, 3.8) is 0 Å². The van der Waals surface area contributed by atoms with Crippen molar-refractivity contribution in [1.29, 1.82) is 0 Å². The lowest BCUT2D eigenvalue weighted by atomic mass is 10.1. The van der Waals surface area contributed by atoms with Crippen LogP contribution in [0.1, 0.15) is 15.9 Å². The molecule has 2 aromatic carbocycles. The van der Waals surface area contributed by atoms with Crippen LogP contribution in [0.2, 0.25) is 5.02 Å². The smallest absolute Gasteiger partial charge is 0.255 e. The number of aryl methyl sites for hydroxylation is 1. The number of nitrogens with one attached hydrogen (secondary N) is 1. The first-order chi connectivity index (χ1) is 10.1. The second kappa shape index (κ2) is 6.99. The van der Waals surface area contributed by atoms with E-state index in [4.69, 9.17) is 16.3 Å². The summed E-state index contributed by atoms with van der Waals surface area (Å²) in [5, 5.41) is 13.1. The fourth-order valence-corrected chi connectivity index (χ4v) is 1.92. The number of aromatic hydroxyl groups is 1. The molecule has 21 heavy (non-hydrogen) atoms. The van der Waals surface area contributed by atoms with Gasteiger partial charge in [-0.05, 0) is 48.9 Å². The fourth-order valence-electron chi connectivity index (χ4n) is 1.79. The molecule has 0 heterocycles. The van der Waals surface area contributed by atoms with Crippen molar-refractivity contribution in [1.82, 2.24) is 5.32 Å². The van der Waals surface area contributed by atoms with E-state index < -0.39 is 0 Å². The molecule has 5 heteroatoms. The molecule has 0 aliphatic rings. The highest BCUT2D eigenvalue weighted by Gasteiger charge is 2.10. The van der Waals surface area contributed by atoms with Gasteiger partial charge in [-0.2, -0.15) is 0 Å². The molecule has 4 nitrogen and oxygen atoms in total. The van der Waals surface area contributed by atoms with Crippen LogP contribution in [0.3, 0.4) is 0 Å². The molecule has 0 saturated carbocycles. The largest absolute Gasteiger partial charge is 0.507 e. The molecule has 2 aromatic rings. The molecule has 110 valence electrons. The maximum Gasteiger partial charge on any atom is 0.255 e. The van der Waals surface area contributed by atoms with Gasteiger partial charge in [0.25, 0.3) is 5.91 Å². The highest BCUT2D eigenvalue weighted by Crippen LogP contribution is 2.18. The van der Waals surface area contributed by atoms with Crippen LogP contribution in [-0.4, -0.2) is 24.2 Å². The number of rotatable bonds is 5. The van der Waals surface area contributed by atoms with Gasteiger partial charge in [-0.3, -0.25) is 4.79 Å². The van der Waals surface area contributed by atoms with Gasteiger partial charge < -0.3 is 15.2 Å². The average Bonchev–Trinajstić information content (AvgIpc) is 2.45. The number of halogens is 1. The second-order valence-electron chi connectivity index (χ2n) is 4.58. The highest BCUT2D eigenvalue weighted by atomic mass is 35.5. The first-order valence-electron chi connectivity index (χ1n) is 6.52. The van der Waals surface area contributed by atoms with Crippen LogP contribution in [0.15, 0.2) is 42.5 Å². The van der Waals surface area contributed by atoms with Crippen molar-refractivity contribution in [2.24, 2.45) is 0 Å². The molecule has 2 N–H and O–H groups in total. The third kappa shape index (κ3) is 4.39. The normalized spacial score (nSPS) is 10.2. The van der Waals surface area contributed by atoms with Crippen LogP contribution in [0.5, 0.6) is 11.5 Å². The Labute approximate surface area is 128 Å². The summed E-state index contributed by atoms with van der Waals surface area (Å²) in [6.07, 6.45) is 0. The van der Waals surface area contributed by atoms with Gasteiger partial charge in [-0.15, -0.1) is 0 Å². The molecule has 0 atom stereocenters. The summed E-state index contributed by atoms with van der Waals surface area (Å²) in [6.45, 7) is 2.52. The fraction of sp³-hybridized carbons (Fsp3) is 0.188. The maximum absolute atomic E-state index is 11.9. The zero-order valence-electron chi connectivity index (χ0n) is 11.6. The van der Waals surface area contributed by atoms with Crippen LogP contribution < -0.4 is 10.1 Å². The van der Waals surface area contributed by atoms with Crippen LogP contribution in [0, 0.1) is 6.92 Å². The number of phenols is 1. The van der Waals surface area contributed by atoms with Crippen molar-refractivity contribution < 1.29 is 14.6 Å². The van der Waals surface area contributed by atoms with Gasteiger partial charge in [0.15, 0.2) is 0 Å². The van der Waals surface area contributed by atoms with E-state index in [0.29, 0.717) is 23.9 Å². The summed E-state index contributed by atoms with van der Waals surface area (Å²) >= 11 is 5.77. The van der Waals surface area contributed by atoms with Crippen molar-refractivity contribution in [2.45, 2.75) is 6.92 Å². The molecule has 1 amide bonds. The SMILES string of the molecule is Cc1ccc(C(=O)NCCOc2ccc(Cl)cc2)c(O)c1. The van der Waals surface area contributed by atoms with E-state index >= 15 is 0 Å². The van der Waals surface area contributed by atoms with Gasteiger partial charge in [-0.1, -0.05) is 17.7 Å². The van der Waals surface area contributed by atoms with Crippen LogP contribution in [-0.2, 0) is 0 Å². The Morgan fingerprint density at radius 3 is 2.62 bits per heavy atom. The summed E-state index contributed by atoms with van der Waals surface area (Å²) in [7, 11) is 0. The van der Waals surface area contributed by atoms with Gasteiger partial charge in [0.1, 0.15) is 18.1 Å². The van der Waals surface area contributed by atoms with Crippen LogP contribution >= 0.6 is 11.6 Å². The average molecular weight is 306 g/mol. The summed E-state index contributed by atoms with van der Waals surface area (Å²) < 4.78 is 5.46. The molecule has 0 unspecified atom stereocenters. The topological polar surface area (TPSA) is 58.6 Å². The molecule has 0 bridgehead atoms. The van der Waals surface area contributed by atoms with E-state index in [2.05, 4.69) is 5.32 Å². The van der Waals surface area contributed by atoms with Crippen molar-refractivity contribution in [3.05, 3.63) is 58.6 Å². The summed E-state index contributed by atoms with van der Waals surface area (Å²) in [5.41, 5.74) is 1.15. The Morgan fingerprint density at radius 1 is 1.24 bits per heavy atom. The molecule has 0 fully saturated rings. The Kier molecular flexibility index (Phi) is 5.06. The summed E-state index contributed by atoms with van der Waals surface area (Å²) in [6, 6.07) is 11.9. The van der Waals surface area contributed by atoms with Crippen LogP contribution in [0.25, 0.3) is 0 Å². The molecule has 0 aliphatic carbocycles. The van der Waals surface area contributed by atoms with E-state index in [1.807, 2.05) is 6.92 Å². The minimum Gasteiger partial charge on any atom is -0.507 e. The third-order valence-electron chi connectivity index (χ3n) is 2.87. The Balaban J connectivity index is 1.80. The first kappa shape index (κ1) is 15.2. The van der Waals surface area contributed by atoms with Crippen molar-refractivity contribution in [2.75, 3.05) is 13.2 Å². The molecule has 0 aliphatic heterocycles. The number of phenolic OH excluding ortho intramolecular Hbond substituents is 1. The van der Waals surface area contributed by atoms with E-state index in [1.54, 1.807) is 42.5 Å². The Bertz CT molecular complexity index is 626. The van der Waals surface area contributed by atoms with Gasteiger partial charge in [0.2, 0.25) is 0 Å². The van der Waals surface area contributed by atoms with Gasteiger partial charge in [0, 0.05) is 5.02 Å². The summed E-state index contributed by atoms with van der Waals surface area (Å²) in [4.78, 5) is 11.9. The van der Waals surface area contributed by atoms with Gasteiger partial charge in [0.05, 0.1) is 12.1 Å². The molecular weight excluding hydrogens is 290 g/mol. The maximum atomic E-state index is 11.9. The molecule has 0 radical (unpaired) electrons. The van der Waals surface area contributed by atoms with Gasteiger partial charge >= 0.3 is 0 Å². The van der Waals surface area contributed by atoms with Gasteiger partial charge in [-0.25, -0.2) is 0 Å². The monoisotopic (exact) mass is 305 g/mol. The van der Waals surface area contributed by atoms with Crippen molar-refractivity contribution >= 4 is 17.5 Å². The number of carbonyl (C=O) groups excluding carboxylic acids is 1. The van der Waals surface area contributed by atoms with E-state index in [1.165, 1.54) is 0 Å². The lowest BCUT2D eigenvalue weighted by Crippen LogP contribution is -2.28. The number of amides is 1. The minimum atomic E-state index is -0.327. The highest BCUT2D eigenvalue weighted by molar-refractivity contribution is 6.30. The zero-order chi connectivity index (χ0) is 15.2. The molecule has 0 spiro atoms. The molecular formula is C16H16ClNO3. The van der Waals surface area contributed by atoms with E-state index in [0.717, 1.165) is 5.56 Å². The Morgan fingerprint density at radius 2 is 1.95 bits per heavy atom. The predicted octanol–water partition coefficient (Wildman–Crippen LogP) is 3.16. The molecule has 2 rings (SSSR count). The minimum absolute atomic E-state index is 0.0221. The quantitative estimate of drug-likeness (QED) is 0.834. The standard InChI is InChI=1S/C16H16ClNO3/c1-11-2-7-14(15(19)10-11)16(20)18-8-9-21-13-5-3-12(17)4-6-13/h2-7,10,19H,8-9H2,1H3,(H,18,20). The van der Waals surface area contributed by atoms with E-state index in [-0.39, 0.29) is 17.2 Å². The molecule has 0 saturated heterocycles. The predicted molar refractivity (Wildman–Crippen MR) is 82.1 cm³/mol. The third-order valence-corrected chi connectivity index (χ3v) is 3.12. The zero-order valence-corrected chi connectivity index (χ0v) is 12.4. The Hall–Kier alpha value is -2.20. The van der Waals surface area contributed by atoms with E-state index in [9.17, 15) is 9.90 Å². The second-order valence-corrected chi connectivity index (χ2v) is 5.02. The number of ether oxygens (including phenoxy) is 1. The number of hydrogen-bond acceptors (Lipinski definition) is 3. The number of hydrogen-bond donors (Lipinski definition) is 2. The lowest BCUT2D eigenvalue weighted by molar-refractivity contribution is 0.0944. The van der Waals surface area contributed by atoms with Crippen LogP contribution in [0.4, 0.5) is 0 Å². The first-order valence-corrected chi connectivity index (χ1v) is 6.90. The lowest BCUT2D eigenvalue weighted by Gasteiger charge is -2.09. The summed E-state index contributed by atoms with van der Waals surface area (Å²) in [5.74, 6) is 0.338. The number of carbonyl (C=O) groups is 1.